The molecule has 0 N–H and O–H groups in total. The fraction of sp³-hybridized carbons (Fsp3) is 0.375. The Bertz CT molecular complexity index is 381. The van der Waals surface area contributed by atoms with Crippen LogP contribution in [0.25, 0.3) is 0 Å². The summed E-state index contributed by atoms with van der Waals surface area (Å²) in [7, 11) is 0. The molecule has 0 atom stereocenters. The SMILES string of the molecule is CC(C)=C/C=C(/OCc1ccccc1)C(C)C. The van der Waals surface area contributed by atoms with E-state index in [1.165, 1.54) is 11.1 Å². The van der Waals surface area contributed by atoms with Crippen LogP contribution < -0.4 is 0 Å². The Morgan fingerprint density at radius 2 is 1.76 bits per heavy atom. The lowest BCUT2D eigenvalue weighted by molar-refractivity contribution is 0.172. The van der Waals surface area contributed by atoms with E-state index in [4.69, 9.17) is 4.74 Å². The van der Waals surface area contributed by atoms with Gasteiger partial charge in [-0.05, 0) is 25.5 Å². The van der Waals surface area contributed by atoms with Crippen LogP contribution in [0.1, 0.15) is 33.3 Å². The van der Waals surface area contributed by atoms with Gasteiger partial charge in [0, 0.05) is 5.92 Å². The van der Waals surface area contributed by atoms with Gasteiger partial charge in [0.15, 0.2) is 0 Å². The molecule has 0 unspecified atom stereocenters. The average Bonchev–Trinajstić information content (AvgIpc) is 2.29. The van der Waals surface area contributed by atoms with Gasteiger partial charge in [-0.15, -0.1) is 0 Å². The molecular weight excluding hydrogens is 208 g/mol. The predicted octanol–water partition coefficient (Wildman–Crippen LogP) is 4.71. The van der Waals surface area contributed by atoms with Crippen molar-refractivity contribution in [3.8, 4) is 0 Å². The quantitative estimate of drug-likeness (QED) is 0.526. The molecule has 0 saturated heterocycles. The Hall–Kier alpha value is -1.50. The summed E-state index contributed by atoms with van der Waals surface area (Å²) >= 11 is 0. The zero-order chi connectivity index (χ0) is 12.7. The van der Waals surface area contributed by atoms with Crippen LogP contribution in [0.3, 0.4) is 0 Å². The zero-order valence-corrected chi connectivity index (χ0v) is 11.2. The molecule has 0 aliphatic carbocycles. The van der Waals surface area contributed by atoms with Gasteiger partial charge >= 0.3 is 0 Å². The molecule has 1 heteroatoms. The smallest absolute Gasteiger partial charge is 0.113 e. The van der Waals surface area contributed by atoms with E-state index in [9.17, 15) is 0 Å². The van der Waals surface area contributed by atoms with Crippen molar-refractivity contribution in [1.82, 2.24) is 0 Å². The summed E-state index contributed by atoms with van der Waals surface area (Å²) in [5, 5.41) is 0. The predicted molar refractivity (Wildman–Crippen MR) is 73.6 cm³/mol. The van der Waals surface area contributed by atoms with Crippen molar-refractivity contribution < 1.29 is 4.74 Å². The fourth-order valence-corrected chi connectivity index (χ4v) is 1.40. The van der Waals surface area contributed by atoms with Crippen molar-refractivity contribution in [2.75, 3.05) is 0 Å². The minimum atomic E-state index is 0.411. The van der Waals surface area contributed by atoms with E-state index >= 15 is 0 Å². The van der Waals surface area contributed by atoms with E-state index < -0.39 is 0 Å². The van der Waals surface area contributed by atoms with Gasteiger partial charge in [0.1, 0.15) is 6.61 Å². The Morgan fingerprint density at radius 3 is 2.29 bits per heavy atom. The van der Waals surface area contributed by atoms with Gasteiger partial charge in [-0.2, -0.15) is 0 Å². The van der Waals surface area contributed by atoms with E-state index in [-0.39, 0.29) is 0 Å². The van der Waals surface area contributed by atoms with Crippen molar-refractivity contribution in [3.05, 3.63) is 59.4 Å². The van der Waals surface area contributed by atoms with Crippen LogP contribution in [0.5, 0.6) is 0 Å². The first-order valence-corrected chi connectivity index (χ1v) is 6.11. The highest BCUT2D eigenvalue weighted by Crippen LogP contribution is 2.14. The van der Waals surface area contributed by atoms with Crippen LogP contribution in [0.15, 0.2) is 53.8 Å². The normalized spacial score (nSPS) is 11.5. The molecule has 0 aliphatic rings. The van der Waals surface area contributed by atoms with Gasteiger partial charge in [-0.1, -0.05) is 55.8 Å². The Kier molecular flexibility index (Phi) is 5.55. The topological polar surface area (TPSA) is 9.23 Å². The highest BCUT2D eigenvalue weighted by Gasteiger charge is 2.03. The molecule has 1 nitrogen and oxygen atoms in total. The molecule has 1 aromatic rings. The standard InChI is InChI=1S/C16H22O/c1-13(2)10-11-16(14(3)4)17-12-15-8-6-5-7-9-15/h5-11,14H,12H2,1-4H3/b16-11+. The minimum Gasteiger partial charge on any atom is -0.493 e. The largest absolute Gasteiger partial charge is 0.493 e. The van der Waals surface area contributed by atoms with Gasteiger partial charge in [0.25, 0.3) is 0 Å². The van der Waals surface area contributed by atoms with Crippen LogP contribution in [0.4, 0.5) is 0 Å². The lowest BCUT2D eigenvalue weighted by atomic mass is 10.1. The summed E-state index contributed by atoms with van der Waals surface area (Å²) in [6.45, 7) is 9.12. The molecule has 0 bridgehead atoms. The third-order valence-corrected chi connectivity index (χ3v) is 2.40. The highest BCUT2D eigenvalue weighted by atomic mass is 16.5. The molecule has 0 amide bonds. The second-order valence-electron chi connectivity index (χ2n) is 4.74. The third-order valence-electron chi connectivity index (χ3n) is 2.40. The van der Waals surface area contributed by atoms with Crippen LogP contribution in [-0.4, -0.2) is 0 Å². The molecule has 0 fully saturated rings. The molecule has 0 aromatic heterocycles. The Morgan fingerprint density at radius 1 is 1.12 bits per heavy atom. The summed E-state index contributed by atoms with van der Waals surface area (Å²) in [4.78, 5) is 0. The van der Waals surface area contributed by atoms with Gasteiger partial charge in [0.2, 0.25) is 0 Å². The molecule has 0 spiro atoms. The second kappa shape index (κ2) is 6.95. The number of hydrogen-bond acceptors (Lipinski definition) is 1. The van der Waals surface area contributed by atoms with Crippen LogP contribution in [0.2, 0.25) is 0 Å². The summed E-state index contributed by atoms with van der Waals surface area (Å²) in [5.41, 5.74) is 2.49. The molecule has 0 heterocycles. The van der Waals surface area contributed by atoms with E-state index in [2.05, 4.69) is 52.0 Å². The molecule has 1 rings (SSSR count). The lowest BCUT2D eigenvalue weighted by Crippen LogP contribution is -2.00. The Labute approximate surface area is 105 Å². The van der Waals surface area contributed by atoms with E-state index in [0.717, 1.165) is 5.76 Å². The molecule has 17 heavy (non-hydrogen) atoms. The summed E-state index contributed by atoms with van der Waals surface area (Å²) in [6, 6.07) is 10.3. The van der Waals surface area contributed by atoms with Crippen LogP contribution in [-0.2, 0) is 11.3 Å². The van der Waals surface area contributed by atoms with Crippen LogP contribution >= 0.6 is 0 Å². The summed E-state index contributed by atoms with van der Waals surface area (Å²) in [5.74, 6) is 1.45. The number of rotatable bonds is 5. The van der Waals surface area contributed by atoms with E-state index in [1.54, 1.807) is 0 Å². The minimum absolute atomic E-state index is 0.411. The number of allylic oxidation sites excluding steroid dienone is 4. The van der Waals surface area contributed by atoms with Crippen LogP contribution in [0, 0.1) is 5.92 Å². The zero-order valence-electron chi connectivity index (χ0n) is 11.2. The van der Waals surface area contributed by atoms with Gasteiger partial charge in [-0.3, -0.25) is 0 Å². The first kappa shape index (κ1) is 13.6. The molecule has 92 valence electrons. The van der Waals surface area contributed by atoms with Gasteiger partial charge in [-0.25, -0.2) is 0 Å². The number of ether oxygens (including phenoxy) is 1. The molecule has 0 radical (unpaired) electrons. The highest BCUT2D eigenvalue weighted by molar-refractivity contribution is 5.16. The number of hydrogen-bond donors (Lipinski definition) is 0. The summed E-state index contributed by atoms with van der Waals surface area (Å²) in [6.07, 6.45) is 4.17. The van der Waals surface area contributed by atoms with Gasteiger partial charge < -0.3 is 4.74 Å². The lowest BCUT2D eigenvalue weighted by Gasteiger charge is -2.13. The van der Waals surface area contributed by atoms with Crippen molar-refractivity contribution in [3.63, 3.8) is 0 Å². The maximum absolute atomic E-state index is 5.86. The summed E-state index contributed by atoms with van der Waals surface area (Å²) < 4.78 is 5.86. The first-order chi connectivity index (χ1) is 8.09. The monoisotopic (exact) mass is 230 g/mol. The molecular formula is C16H22O. The number of benzene rings is 1. The van der Waals surface area contributed by atoms with Crippen molar-refractivity contribution >= 4 is 0 Å². The fourth-order valence-electron chi connectivity index (χ4n) is 1.40. The van der Waals surface area contributed by atoms with E-state index in [0.29, 0.717) is 12.5 Å². The maximum atomic E-state index is 5.86. The van der Waals surface area contributed by atoms with Crippen molar-refractivity contribution in [2.45, 2.75) is 34.3 Å². The van der Waals surface area contributed by atoms with Crippen molar-refractivity contribution in [1.29, 1.82) is 0 Å². The van der Waals surface area contributed by atoms with Gasteiger partial charge in [0.05, 0.1) is 5.76 Å². The first-order valence-electron chi connectivity index (χ1n) is 6.11. The second-order valence-corrected chi connectivity index (χ2v) is 4.74. The molecule has 1 aromatic carbocycles. The maximum Gasteiger partial charge on any atom is 0.113 e. The Balaban J connectivity index is 2.63. The molecule has 0 saturated carbocycles. The third kappa shape index (κ3) is 5.39. The molecule has 0 aliphatic heterocycles. The average molecular weight is 230 g/mol. The van der Waals surface area contributed by atoms with Crippen molar-refractivity contribution in [2.24, 2.45) is 5.92 Å². The van der Waals surface area contributed by atoms with E-state index in [1.807, 2.05) is 18.2 Å².